The molecule has 0 saturated heterocycles. The third-order valence-corrected chi connectivity index (χ3v) is 8.32. The van der Waals surface area contributed by atoms with Crippen molar-refractivity contribution in [3.05, 3.63) is 92.4 Å². The van der Waals surface area contributed by atoms with Crippen molar-refractivity contribution >= 4 is 29.4 Å². The van der Waals surface area contributed by atoms with Crippen LogP contribution in [-0.2, 0) is 12.8 Å². The SMILES string of the molecule is Cc1ccc(C)n1-c1cccc(C(=O)N/N=C\c2cc(C)n(-c3sc4c(c3C(=O)O)CCCC4)c2C)c1. The van der Waals surface area contributed by atoms with E-state index in [0.29, 0.717) is 11.1 Å². The average molecular weight is 515 g/mol. The number of carboxylic acids is 1. The molecule has 1 amide bonds. The molecule has 0 spiro atoms. The minimum atomic E-state index is -0.878. The number of hydrazone groups is 1. The second kappa shape index (κ2) is 9.86. The molecule has 0 bridgehead atoms. The van der Waals surface area contributed by atoms with Crippen LogP contribution < -0.4 is 5.43 Å². The summed E-state index contributed by atoms with van der Waals surface area (Å²) in [4.78, 5) is 26.2. The van der Waals surface area contributed by atoms with Gasteiger partial charge >= 0.3 is 5.97 Å². The van der Waals surface area contributed by atoms with Gasteiger partial charge in [-0.2, -0.15) is 5.10 Å². The molecule has 0 saturated carbocycles. The number of rotatable bonds is 6. The van der Waals surface area contributed by atoms with Gasteiger partial charge in [0.25, 0.3) is 5.91 Å². The van der Waals surface area contributed by atoms with Crippen LogP contribution in [0.1, 0.15) is 72.3 Å². The average Bonchev–Trinajstić information content (AvgIpc) is 3.51. The minimum absolute atomic E-state index is 0.298. The van der Waals surface area contributed by atoms with Gasteiger partial charge in [-0.25, -0.2) is 10.2 Å². The highest BCUT2D eigenvalue weighted by molar-refractivity contribution is 7.15. The summed E-state index contributed by atoms with van der Waals surface area (Å²) >= 11 is 1.58. The van der Waals surface area contributed by atoms with Gasteiger partial charge in [-0.15, -0.1) is 11.3 Å². The van der Waals surface area contributed by atoms with E-state index in [1.54, 1.807) is 23.6 Å². The predicted molar refractivity (Wildman–Crippen MR) is 147 cm³/mol. The highest BCUT2D eigenvalue weighted by Gasteiger charge is 2.27. The number of hydrogen-bond donors (Lipinski definition) is 2. The lowest BCUT2D eigenvalue weighted by atomic mass is 9.95. The first-order valence-electron chi connectivity index (χ1n) is 12.4. The van der Waals surface area contributed by atoms with Crippen LogP contribution >= 0.6 is 11.3 Å². The Labute approximate surface area is 220 Å². The monoisotopic (exact) mass is 514 g/mol. The minimum Gasteiger partial charge on any atom is -0.478 e. The number of amides is 1. The fourth-order valence-corrected chi connectivity index (χ4v) is 6.74. The number of aromatic carboxylic acids is 1. The molecule has 37 heavy (non-hydrogen) atoms. The van der Waals surface area contributed by atoms with Crippen LogP contribution in [0.25, 0.3) is 10.7 Å². The van der Waals surface area contributed by atoms with Crippen molar-refractivity contribution in [3.8, 4) is 10.7 Å². The smallest absolute Gasteiger partial charge is 0.339 e. The summed E-state index contributed by atoms with van der Waals surface area (Å²) in [6.45, 7) is 7.98. The van der Waals surface area contributed by atoms with Crippen molar-refractivity contribution in [2.45, 2.75) is 53.4 Å². The molecule has 5 rings (SSSR count). The molecule has 0 unspecified atom stereocenters. The lowest BCUT2D eigenvalue weighted by Crippen LogP contribution is -2.18. The summed E-state index contributed by atoms with van der Waals surface area (Å²) in [6.07, 6.45) is 5.50. The second-order valence-corrected chi connectivity index (χ2v) is 10.6. The van der Waals surface area contributed by atoms with E-state index in [2.05, 4.69) is 15.1 Å². The largest absolute Gasteiger partial charge is 0.478 e. The van der Waals surface area contributed by atoms with E-state index in [-0.39, 0.29) is 5.91 Å². The third kappa shape index (κ3) is 4.53. The maximum absolute atomic E-state index is 12.8. The van der Waals surface area contributed by atoms with E-state index >= 15 is 0 Å². The van der Waals surface area contributed by atoms with Gasteiger partial charge in [-0.05, 0) is 95.3 Å². The van der Waals surface area contributed by atoms with Gasteiger partial charge in [0.05, 0.1) is 11.8 Å². The summed E-state index contributed by atoms with van der Waals surface area (Å²) in [5, 5.41) is 15.0. The van der Waals surface area contributed by atoms with Crippen LogP contribution in [0.15, 0.2) is 47.6 Å². The molecular weight excluding hydrogens is 484 g/mol. The topological polar surface area (TPSA) is 88.6 Å². The van der Waals surface area contributed by atoms with Crippen LogP contribution in [0.3, 0.4) is 0 Å². The molecule has 190 valence electrons. The van der Waals surface area contributed by atoms with Crippen LogP contribution in [0.4, 0.5) is 0 Å². The first kappa shape index (κ1) is 24.8. The Kier molecular flexibility index (Phi) is 6.60. The number of carboxylic acid groups (broad SMARTS) is 1. The lowest BCUT2D eigenvalue weighted by Gasteiger charge is -2.11. The number of aryl methyl sites for hydroxylation is 4. The molecule has 8 heteroatoms. The third-order valence-electron chi connectivity index (χ3n) is 7.05. The summed E-state index contributed by atoms with van der Waals surface area (Å²) < 4.78 is 4.10. The van der Waals surface area contributed by atoms with Crippen molar-refractivity contribution in [2.24, 2.45) is 5.10 Å². The fraction of sp³-hybridized carbons (Fsp3) is 0.276. The number of carbonyl (C=O) groups excluding carboxylic acids is 1. The van der Waals surface area contributed by atoms with E-state index in [0.717, 1.165) is 70.3 Å². The molecule has 0 atom stereocenters. The molecule has 1 aromatic carbocycles. The normalized spacial score (nSPS) is 13.2. The summed E-state index contributed by atoms with van der Waals surface area (Å²) in [5.41, 5.74) is 10.3. The number of carbonyl (C=O) groups is 2. The highest BCUT2D eigenvalue weighted by Crippen LogP contribution is 2.38. The van der Waals surface area contributed by atoms with Gasteiger partial charge in [0.1, 0.15) is 5.00 Å². The van der Waals surface area contributed by atoms with E-state index in [1.807, 2.05) is 68.7 Å². The first-order valence-corrected chi connectivity index (χ1v) is 13.2. The van der Waals surface area contributed by atoms with Crippen LogP contribution in [0.2, 0.25) is 0 Å². The predicted octanol–water partition coefficient (Wildman–Crippen LogP) is 5.90. The molecular formula is C29H30N4O3S. The van der Waals surface area contributed by atoms with Gasteiger partial charge in [0.2, 0.25) is 0 Å². The fourth-order valence-electron chi connectivity index (χ4n) is 5.25. The number of hydrogen-bond acceptors (Lipinski definition) is 4. The van der Waals surface area contributed by atoms with Crippen LogP contribution in [0.5, 0.6) is 0 Å². The van der Waals surface area contributed by atoms with E-state index in [1.165, 1.54) is 4.88 Å². The molecule has 0 aliphatic heterocycles. The number of thiophene rings is 1. The number of nitrogens with zero attached hydrogens (tertiary/aromatic N) is 3. The Balaban J connectivity index is 1.39. The van der Waals surface area contributed by atoms with E-state index < -0.39 is 5.97 Å². The first-order chi connectivity index (χ1) is 17.8. The maximum atomic E-state index is 12.8. The van der Waals surface area contributed by atoms with Crippen LogP contribution in [-0.4, -0.2) is 32.3 Å². The molecule has 1 aliphatic rings. The van der Waals surface area contributed by atoms with E-state index in [9.17, 15) is 14.7 Å². The molecule has 2 N–H and O–H groups in total. The lowest BCUT2D eigenvalue weighted by molar-refractivity contribution is 0.0695. The van der Waals surface area contributed by atoms with Crippen molar-refractivity contribution in [1.29, 1.82) is 0 Å². The van der Waals surface area contributed by atoms with Crippen LogP contribution in [0, 0.1) is 27.7 Å². The van der Waals surface area contributed by atoms with Crippen molar-refractivity contribution in [2.75, 3.05) is 0 Å². The molecule has 3 aromatic heterocycles. The Morgan fingerprint density at radius 3 is 2.43 bits per heavy atom. The van der Waals surface area contributed by atoms with Crippen molar-refractivity contribution in [1.82, 2.24) is 14.6 Å². The second-order valence-electron chi connectivity index (χ2n) is 9.56. The molecule has 3 heterocycles. The molecule has 0 radical (unpaired) electrons. The molecule has 1 aliphatic carbocycles. The van der Waals surface area contributed by atoms with Gasteiger partial charge in [0, 0.05) is 44.5 Å². The number of benzene rings is 1. The zero-order valence-corrected chi connectivity index (χ0v) is 22.3. The van der Waals surface area contributed by atoms with Gasteiger partial charge in [-0.1, -0.05) is 6.07 Å². The Bertz CT molecular complexity index is 1530. The van der Waals surface area contributed by atoms with Gasteiger partial charge in [0.15, 0.2) is 0 Å². The summed E-state index contributed by atoms with van der Waals surface area (Å²) in [5.74, 6) is -1.18. The summed E-state index contributed by atoms with van der Waals surface area (Å²) in [6, 6.07) is 13.5. The highest BCUT2D eigenvalue weighted by atomic mass is 32.1. The Hall–Kier alpha value is -3.91. The quantitative estimate of drug-likeness (QED) is 0.248. The number of nitrogens with one attached hydrogen (secondary N) is 1. The molecule has 7 nitrogen and oxygen atoms in total. The summed E-state index contributed by atoms with van der Waals surface area (Å²) in [7, 11) is 0. The van der Waals surface area contributed by atoms with Crippen molar-refractivity contribution < 1.29 is 14.7 Å². The van der Waals surface area contributed by atoms with Gasteiger partial charge in [-0.3, -0.25) is 4.79 Å². The van der Waals surface area contributed by atoms with E-state index in [4.69, 9.17) is 0 Å². The van der Waals surface area contributed by atoms with Crippen molar-refractivity contribution in [3.63, 3.8) is 0 Å². The Morgan fingerprint density at radius 1 is 0.973 bits per heavy atom. The molecule has 4 aromatic rings. The number of aromatic nitrogens is 2. The molecule has 0 fully saturated rings. The zero-order valence-electron chi connectivity index (χ0n) is 21.5. The maximum Gasteiger partial charge on any atom is 0.339 e. The standard InChI is InChI=1S/C29H30N4O3S/c1-17-12-13-18(2)32(17)23-9-7-8-21(15-23)27(34)31-30-16-22-14-19(3)33(20(22)4)28-26(29(35)36)24-10-5-6-11-25(24)37-28/h7-9,12-16H,5-6,10-11H2,1-4H3,(H,31,34)(H,35,36)/b30-16-. The number of fused-ring (bicyclic) bond motifs is 1. The van der Waals surface area contributed by atoms with Gasteiger partial charge < -0.3 is 14.2 Å². The zero-order chi connectivity index (χ0) is 26.3. The Morgan fingerprint density at radius 2 is 1.70 bits per heavy atom.